The Kier molecular flexibility index (Phi) is 13.2. The van der Waals surface area contributed by atoms with Crippen LogP contribution < -0.4 is 14.5 Å². The van der Waals surface area contributed by atoms with Crippen molar-refractivity contribution in [1.29, 1.82) is 0 Å². The number of pyridine rings is 1. The first-order chi connectivity index (χ1) is 40.1. The number of hydrogen-bond donors (Lipinski definition) is 0. The van der Waals surface area contributed by atoms with Gasteiger partial charge in [-0.25, -0.2) is 0 Å². The van der Waals surface area contributed by atoms with E-state index in [0.717, 1.165) is 77.5 Å². The van der Waals surface area contributed by atoms with E-state index in [0.29, 0.717) is 0 Å². The number of nitrogens with zero attached hydrogens (tertiary/aromatic N) is 5. The molecule has 0 amide bonds. The van der Waals surface area contributed by atoms with Gasteiger partial charge < -0.3 is 4.90 Å². The maximum atomic E-state index is 7.23. The Morgan fingerprint density at radius 3 is 1.49 bits per heavy atom. The Balaban J connectivity index is 0.993. The van der Waals surface area contributed by atoms with Crippen LogP contribution in [0.1, 0.15) is 128 Å². The Morgan fingerprint density at radius 1 is 0.357 bits per heavy atom. The molecular weight excluding hydrogens is 1210 g/mol. The largest absolute Gasteiger partial charge is 0.0564 e. The van der Waals surface area contributed by atoms with Gasteiger partial charge in [0.2, 0.25) is 0 Å². The van der Waals surface area contributed by atoms with Gasteiger partial charge in [-0.05, 0) is 52.3 Å². The molecule has 0 unspecified atom stereocenters. The van der Waals surface area contributed by atoms with Crippen molar-refractivity contribution in [3.63, 3.8) is 0 Å². The Hall–Kier alpha value is -8.31. The molecule has 84 heavy (non-hydrogen) atoms. The minimum atomic E-state index is -0.737. The van der Waals surface area contributed by atoms with Crippen molar-refractivity contribution in [3.8, 4) is 34.0 Å². The van der Waals surface area contributed by atoms with Gasteiger partial charge in [0.05, 0.1) is 11.4 Å². The number of rotatable bonds is 7. The van der Waals surface area contributed by atoms with Gasteiger partial charge in [0.15, 0.2) is 0 Å². The quantitative estimate of drug-likeness (QED) is 0.159. The summed E-state index contributed by atoms with van der Waals surface area (Å²) in [7, 11) is 0. The van der Waals surface area contributed by atoms with E-state index < -0.39 is 5.41 Å². The summed E-state index contributed by atoms with van der Waals surface area (Å²) in [5, 5.41) is 0. The summed E-state index contributed by atoms with van der Waals surface area (Å²) >= 11 is 2.54. The molecule has 422 valence electrons. The Bertz CT molecular complexity index is 4340. The van der Waals surface area contributed by atoms with Crippen LogP contribution >= 0.6 is 0 Å². The van der Waals surface area contributed by atoms with E-state index in [1.54, 1.807) is 0 Å². The summed E-state index contributed by atoms with van der Waals surface area (Å²) in [5.74, 6) is 2.30. The average molecular weight is 1280 g/mol. The fraction of sp³-hybridized carbons (Fsp3) is 0.221. The molecule has 2 aromatic heterocycles. The van der Waals surface area contributed by atoms with Gasteiger partial charge in [-0.15, -0.1) is 0 Å². The van der Waals surface area contributed by atoms with Crippen molar-refractivity contribution in [2.45, 2.75) is 110 Å². The molecule has 13 rings (SSSR count). The van der Waals surface area contributed by atoms with E-state index in [1.165, 1.54) is 50.1 Å². The van der Waals surface area contributed by atoms with Crippen LogP contribution in [0.5, 0.6) is 11.5 Å². The molecule has 1 spiro atoms. The number of imidazole rings is 1. The molecule has 0 saturated carbocycles. The topological polar surface area (TPSA) is 38.5 Å². The Labute approximate surface area is 507 Å². The number of aromatic nitrogens is 3. The number of benzene rings is 9. The minimum absolute atomic E-state index is 0.0258. The molecule has 0 bridgehead atoms. The fourth-order valence-electron chi connectivity index (χ4n) is 12.7. The van der Waals surface area contributed by atoms with Crippen molar-refractivity contribution in [2.75, 3.05) is 9.80 Å². The van der Waals surface area contributed by atoms with E-state index in [2.05, 4.69) is 340 Å². The van der Waals surface area contributed by atoms with Crippen LogP contribution in [0.25, 0.3) is 33.5 Å². The van der Waals surface area contributed by atoms with Crippen molar-refractivity contribution in [1.82, 2.24) is 14.1 Å². The molecule has 4 heterocycles. The third-order valence-corrected chi connectivity index (χ3v) is 18.2. The maximum absolute atomic E-state index is 7.23. The molecule has 0 fully saturated rings. The zero-order valence-electron chi connectivity index (χ0n) is 50.3. The molecule has 2 aliphatic rings. The van der Waals surface area contributed by atoms with Crippen molar-refractivity contribution < 1.29 is 24.1 Å². The van der Waals surface area contributed by atoms with Crippen LogP contribution in [-0.2, 0) is 46.4 Å². The SMILES string of the molecule is CC(C)(C)c1ccc(N2c3ccccc3C3(c4ccccc42)c2ccccc2N(c2cc(C(C)(C)C)ccn2)c2cc(Oc4cccc(-n5[c](=[Pt])n(-c6cc(C(C)(C)C)cc(C(C)(C)C)c6)c6cc(-c7ccccc7)ccc65)c4)ccc23)cc1. The first-order valence-electron chi connectivity index (χ1n) is 29.4. The van der Waals surface area contributed by atoms with E-state index in [9.17, 15) is 0 Å². The summed E-state index contributed by atoms with van der Waals surface area (Å²) in [6.07, 6.45) is 1.96. The van der Waals surface area contributed by atoms with Gasteiger partial charge in [-0.1, -0.05) is 108 Å². The molecule has 0 saturated heterocycles. The zero-order chi connectivity index (χ0) is 58.7. The van der Waals surface area contributed by atoms with Crippen molar-refractivity contribution >= 4 is 45.3 Å². The van der Waals surface area contributed by atoms with Gasteiger partial charge >= 0.3 is 322 Å². The molecule has 2 aliphatic heterocycles. The van der Waals surface area contributed by atoms with E-state index in [4.69, 9.17) is 9.72 Å². The molecule has 0 radical (unpaired) electrons. The monoisotopic (exact) mass is 1280 g/mol. The van der Waals surface area contributed by atoms with Crippen molar-refractivity contribution in [3.05, 3.63) is 273 Å². The number of ether oxygens (including phenoxy) is 1. The molecule has 0 aliphatic carbocycles. The predicted molar refractivity (Wildman–Crippen MR) is 345 cm³/mol. The second-order valence-corrected chi connectivity index (χ2v) is 28.0. The van der Waals surface area contributed by atoms with Crippen LogP contribution in [0, 0.1) is 3.80 Å². The van der Waals surface area contributed by atoms with Gasteiger partial charge in [-0.3, -0.25) is 0 Å². The number of anilines is 6. The summed E-state index contributed by atoms with van der Waals surface area (Å²) in [6.45, 7) is 27.5. The van der Waals surface area contributed by atoms with Gasteiger partial charge in [-0.2, -0.15) is 0 Å². The van der Waals surface area contributed by atoms with E-state index in [1.807, 2.05) is 6.20 Å². The molecule has 0 atom stereocenters. The van der Waals surface area contributed by atoms with Crippen LogP contribution in [0.15, 0.2) is 225 Å². The normalized spacial score (nSPS) is 13.8. The minimum Gasteiger partial charge on any atom is -0.0564 e. The number of para-hydroxylation sites is 3. The zero-order valence-corrected chi connectivity index (χ0v) is 52.6. The fourth-order valence-corrected chi connectivity index (χ4v) is 13.8. The first-order valence-corrected chi connectivity index (χ1v) is 30.6. The van der Waals surface area contributed by atoms with Crippen molar-refractivity contribution in [2.24, 2.45) is 0 Å². The summed E-state index contributed by atoms with van der Waals surface area (Å²) in [6, 6.07) is 80.6. The first kappa shape index (κ1) is 54.9. The van der Waals surface area contributed by atoms with Gasteiger partial charge in [0, 0.05) is 11.9 Å². The standard InChI is InChI=1S/C77H73N5O.Pt/c1-73(2,3)53-34-36-57(37-35-53)81-66-30-19-16-27-62(66)77(63-28-17-20-31-67(63)81)64-29-18-21-32-68(64)82(72-47-54(41-42-78-72)74(4,5)6)70-49-61(38-39-65(70)77)83-60-26-22-25-58(48-60)79-50-80(59-45-55(75(7,8)9)44-56(46-59)76(10,11)12)71-43-52(33-40-69(71)79)51-23-14-13-15-24-51;/h13-49H,1-12H3;. The smallest absolute Gasteiger partial charge is 0.0377 e. The summed E-state index contributed by atoms with van der Waals surface area (Å²) < 4.78 is 13.1. The van der Waals surface area contributed by atoms with Gasteiger partial charge in [0.25, 0.3) is 0 Å². The second kappa shape index (κ2) is 20.2. The van der Waals surface area contributed by atoms with E-state index >= 15 is 0 Å². The Morgan fingerprint density at radius 2 is 0.893 bits per heavy atom. The third-order valence-electron chi connectivity index (χ3n) is 17.2. The summed E-state index contributed by atoms with van der Waals surface area (Å²) in [5.41, 5.74) is 21.1. The van der Waals surface area contributed by atoms with Crippen LogP contribution in [0.4, 0.5) is 34.3 Å². The molecule has 6 nitrogen and oxygen atoms in total. The van der Waals surface area contributed by atoms with Crippen LogP contribution in [0.2, 0.25) is 0 Å². The number of fused-ring (bicyclic) bond motifs is 9. The maximum Gasteiger partial charge on any atom is -0.0377 e. The molecule has 0 N–H and O–H groups in total. The average Bonchev–Trinajstić information content (AvgIpc) is 0.889. The molecule has 7 heteroatoms. The molecule has 9 aromatic carbocycles. The van der Waals surface area contributed by atoms with E-state index in [-0.39, 0.29) is 21.7 Å². The molecule has 11 aromatic rings. The predicted octanol–water partition coefficient (Wildman–Crippen LogP) is 20.5. The van der Waals surface area contributed by atoms with Gasteiger partial charge in [0.1, 0.15) is 0 Å². The third kappa shape index (κ3) is 9.29. The second-order valence-electron chi connectivity index (χ2n) is 27.0. The van der Waals surface area contributed by atoms with Crippen LogP contribution in [-0.4, -0.2) is 14.1 Å². The summed E-state index contributed by atoms with van der Waals surface area (Å²) in [4.78, 5) is 10.0. The van der Waals surface area contributed by atoms with Crippen LogP contribution in [0.3, 0.4) is 0 Å². The molecular formula is C77H73N5OPt. The number of hydrogen-bond acceptors (Lipinski definition) is 4.